The third kappa shape index (κ3) is 3.87. The van der Waals surface area contributed by atoms with Crippen LogP contribution in [0.15, 0.2) is 24.3 Å². The van der Waals surface area contributed by atoms with Crippen LogP contribution >= 0.6 is 0 Å². The molecular weight excluding hydrogens is 246 g/mol. The lowest BCUT2D eigenvalue weighted by molar-refractivity contribution is -0.117. The summed E-state index contributed by atoms with van der Waals surface area (Å²) >= 11 is 0. The van der Waals surface area contributed by atoms with Crippen LogP contribution in [0.25, 0.3) is 0 Å². The first-order chi connectivity index (χ1) is 9.06. The van der Waals surface area contributed by atoms with E-state index >= 15 is 0 Å². The molecule has 19 heavy (non-hydrogen) atoms. The molecule has 6 nitrogen and oxygen atoms in total. The third-order valence-corrected chi connectivity index (χ3v) is 2.86. The van der Waals surface area contributed by atoms with Gasteiger partial charge in [0.15, 0.2) is 0 Å². The molecule has 1 fully saturated rings. The minimum Gasteiger partial charge on any atom is -0.465 e. The number of hydrogen-bond donors (Lipinski definition) is 4. The molecular formula is C13H17N3O3. The van der Waals surface area contributed by atoms with E-state index in [1.165, 1.54) is 6.92 Å². The van der Waals surface area contributed by atoms with Crippen LogP contribution < -0.4 is 16.0 Å². The van der Waals surface area contributed by atoms with Crippen molar-refractivity contribution >= 4 is 23.4 Å². The lowest BCUT2D eigenvalue weighted by atomic mass is 10.2. The van der Waals surface area contributed by atoms with Crippen LogP contribution in [0.2, 0.25) is 0 Å². The molecule has 102 valence electrons. The Hall–Kier alpha value is -2.24. The highest BCUT2D eigenvalue weighted by molar-refractivity contribution is 5.98. The second kappa shape index (κ2) is 5.60. The Morgan fingerprint density at radius 2 is 1.89 bits per heavy atom. The molecule has 1 aliphatic rings. The maximum atomic E-state index is 11.8. The van der Waals surface area contributed by atoms with Crippen molar-refractivity contribution in [3.63, 3.8) is 0 Å². The quantitative estimate of drug-likeness (QED) is 0.652. The largest absolute Gasteiger partial charge is 0.465 e. The van der Waals surface area contributed by atoms with Crippen LogP contribution in [-0.2, 0) is 4.79 Å². The lowest BCUT2D eigenvalue weighted by Crippen LogP contribution is -2.40. The Morgan fingerprint density at radius 1 is 1.26 bits per heavy atom. The molecule has 0 spiro atoms. The van der Waals surface area contributed by atoms with Gasteiger partial charge in [-0.3, -0.25) is 4.79 Å². The van der Waals surface area contributed by atoms with E-state index < -0.39 is 12.1 Å². The number of hydrogen-bond acceptors (Lipinski definition) is 3. The van der Waals surface area contributed by atoms with E-state index in [9.17, 15) is 9.59 Å². The van der Waals surface area contributed by atoms with Crippen molar-refractivity contribution in [3.05, 3.63) is 24.3 Å². The minimum atomic E-state index is -1.22. The summed E-state index contributed by atoms with van der Waals surface area (Å²) in [7, 11) is 0. The second-order valence-corrected chi connectivity index (χ2v) is 4.62. The van der Waals surface area contributed by atoms with Crippen molar-refractivity contribution in [2.75, 3.05) is 10.6 Å². The highest BCUT2D eigenvalue weighted by Crippen LogP contribution is 2.29. The number of carbonyl (C=O) groups is 2. The number of benzene rings is 1. The van der Waals surface area contributed by atoms with Gasteiger partial charge in [-0.25, -0.2) is 4.79 Å². The normalized spacial score (nSPS) is 15.4. The van der Waals surface area contributed by atoms with Crippen LogP contribution in [0, 0.1) is 0 Å². The average molecular weight is 263 g/mol. The predicted molar refractivity (Wildman–Crippen MR) is 72.3 cm³/mol. The average Bonchev–Trinajstić information content (AvgIpc) is 3.14. The first kappa shape index (κ1) is 13.2. The fourth-order valence-electron chi connectivity index (χ4n) is 1.66. The number of amides is 2. The minimum absolute atomic E-state index is 0.382. The first-order valence-corrected chi connectivity index (χ1v) is 6.22. The van der Waals surface area contributed by atoms with Crippen molar-refractivity contribution in [2.24, 2.45) is 0 Å². The molecule has 0 bridgehead atoms. The summed E-state index contributed by atoms with van der Waals surface area (Å²) in [5.41, 5.74) is 1.53. The highest BCUT2D eigenvalue weighted by Gasteiger charge is 2.22. The van der Waals surface area contributed by atoms with Gasteiger partial charge >= 0.3 is 6.09 Å². The van der Waals surface area contributed by atoms with Gasteiger partial charge in [-0.15, -0.1) is 0 Å². The van der Waals surface area contributed by atoms with Gasteiger partial charge in [-0.2, -0.15) is 0 Å². The zero-order valence-electron chi connectivity index (χ0n) is 10.6. The molecule has 6 heteroatoms. The smallest absolute Gasteiger partial charge is 0.405 e. The van der Waals surface area contributed by atoms with Gasteiger partial charge in [0, 0.05) is 6.04 Å². The van der Waals surface area contributed by atoms with Gasteiger partial charge in [0.25, 0.3) is 0 Å². The Labute approximate surface area is 111 Å². The summed E-state index contributed by atoms with van der Waals surface area (Å²) < 4.78 is 0. The van der Waals surface area contributed by atoms with Crippen LogP contribution in [0.1, 0.15) is 19.8 Å². The first-order valence-electron chi connectivity index (χ1n) is 6.22. The van der Waals surface area contributed by atoms with E-state index in [4.69, 9.17) is 5.11 Å². The summed E-state index contributed by atoms with van der Waals surface area (Å²) in [4.78, 5) is 22.3. The van der Waals surface area contributed by atoms with Crippen molar-refractivity contribution in [1.29, 1.82) is 0 Å². The zero-order chi connectivity index (χ0) is 13.8. The van der Waals surface area contributed by atoms with Gasteiger partial charge in [0.2, 0.25) is 5.91 Å². The third-order valence-electron chi connectivity index (χ3n) is 2.86. The fraction of sp³-hybridized carbons (Fsp3) is 0.385. The summed E-state index contributed by atoms with van der Waals surface area (Å²) in [6, 6.07) is 7.07. The molecule has 1 unspecified atom stereocenters. The fourth-order valence-corrected chi connectivity index (χ4v) is 1.66. The molecule has 1 aromatic rings. The summed E-state index contributed by atoms with van der Waals surface area (Å²) in [6.07, 6.45) is 1.06. The number of anilines is 2. The Balaban J connectivity index is 2.01. The molecule has 1 aliphatic carbocycles. The highest BCUT2D eigenvalue weighted by atomic mass is 16.4. The van der Waals surface area contributed by atoms with Crippen molar-refractivity contribution in [1.82, 2.24) is 5.32 Å². The SMILES string of the molecule is CC(NC(=O)O)C(=O)Nc1ccccc1NC1CC1. The predicted octanol–water partition coefficient (Wildman–Crippen LogP) is 1.86. The molecule has 0 radical (unpaired) electrons. The van der Waals surface area contributed by atoms with Gasteiger partial charge in [0.05, 0.1) is 11.4 Å². The monoisotopic (exact) mass is 263 g/mol. The molecule has 4 N–H and O–H groups in total. The van der Waals surface area contributed by atoms with E-state index in [1.807, 2.05) is 18.2 Å². The molecule has 2 amide bonds. The van der Waals surface area contributed by atoms with Crippen LogP contribution in [0.3, 0.4) is 0 Å². The molecule has 0 saturated heterocycles. The van der Waals surface area contributed by atoms with E-state index in [2.05, 4.69) is 16.0 Å². The number of para-hydroxylation sites is 2. The van der Waals surface area contributed by atoms with E-state index in [1.54, 1.807) is 6.07 Å². The van der Waals surface area contributed by atoms with Crippen LogP contribution in [0.5, 0.6) is 0 Å². The molecule has 1 aromatic carbocycles. The summed E-state index contributed by atoms with van der Waals surface area (Å²) in [6.45, 7) is 1.50. The van der Waals surface area contributed by atoms with Crippen LogP contribution in [-0.4, -0.2) is 29.2 Å². The van der Waals surface area contributed by atoms with Gasteiger partial charge in [-0.1, -0.05) is 12.1 Å². The maximum Gasteiger partial charge on any atom is 0.405 e. The van der Waals surface area contributed by atoms with E-state index in [0.29, 0.717) is 11.7 Å². The standard InChI is InChI=1S/C13H17N3O3/c1-8(14-13(18)19)12(17)16-11-5-3-2-4-10(11)15-9-6-7-9/h2-5,8-9,14-15H,6-7H2,1H3,(H,16,17)(H,18,19). The van der Waals surface area contributed by atoms with E-state index in [-0.39, 0.29) is 5.91 Å². The lowest BCUT2D eigenvalue weighted by Gasteiger charge is -2.15. The molecule has 1 atom stereocenters. The van der Waals surface area contributed by atoms with E-state index in [0.717, 1.165) is 18.5 Å². The number of nitrogens with one attached hydrogen (secondary N) is 3. The van der Waals surface area contributed by atoms with Gasteiger partial charge in [0.1, 0.15) is 6.04 Å². The topological polar surface area (TPSA) is 90.5 Å². The summed E-state index contributed by atoms with van der Waals surface area (Å²) in [5.74, 6) is -0.382. The Kier molecular flexibility index (Phi) is 3.89. The number of rotatable bonds is 5. The number of carbonyl (C=O) groups excluding carboxylic acids is 1. The van der Waals surface area contributed by atoms with Crippen LogP contribution in [0.4, 0.5) is 16.2 Å². The van der Waals surface area contributed by atoms with Crippen molar-refractivity contribution in [3.8, 4) is 0 Å². The molecule has 0 aliphatic heterocycles. The second-order valence-electron chi connectivity index (χ2n) is 4.62. The van der Waals surface area contributed by atoms with Gasteiger partial charge in [-0.05, 0) is 31.9 Å². The maximum absolute atomic E-state index is 11.8. The molecule has 0 heterocycles. The van der Waals surface area contributed by atoms with Crippen molar-refractivity contribution in [2.45, 2.75) is 31.8 Å². The Bertz CT molecular complexity index is 486. The van der Waals surface area contributed by atoms with Crippen molar-refractivity contribution < 1.29 is 14.7 Å². The molecule has 1 saturated carbocycles. The number of carboxylic acid groups (broad SMARTS) is 1. The molecule has 2 rings (SSSR count). The van der Waals surface area contributed by atoms with Gasteiger partial charge < -0.3 is 21.1 Å². The zero-order valence-corrected chi connectivity index (χ0v) is 10.6. The Morgan fingerprint density at radius 3 is 2.47 bits per heavy atom. The summed E-state index contributed by atoms with van der Waals surface area (Å²) in [5, 5.41) is 16.7. The molecule has 0 aromatic heterocycles.